The van der Waals surface area contributed by atoms with Crippen molar-refractivity contribution in [2.45, 2.75) is 12.7 Å². The van der Waals surface area contributed by atoms with Gasteiger partial charge in [-0.1, -0.05) is 102 Å². The summed E-state index contributed by atoms with van der Waals surface area (Å²) in [6.07, 6.45) is -0.879. The van der Waals surface area contributed by atoms with E-state index < -0.39 is 12.7 Å². The van der Waals surface area contributed by atoms with Crippen LogP contribution < -0.4 is 0 Å². The maximum atomic E-state index is 13.2. The summed E-state index contributed by atoms with van der Waals surface area (Å²) in [5.41, 5.74) is 5.88. The molecule has 0 bridgehead atoms. The van der Waals surface area contributed by atoms with Crippen molar-refractivity contribution in [3.05, 3.63) is 170 Å². The molecule has 0 atom stereocenters. The molecule has 4 heterocycles. The number of para-hydroxylation sites is 1. The fourth-order valence-electron chi connectivity index (χ4n) is 7.88. The zero-order valence-electron chi connectivity index (χ0n) is 29.4. The molecule has 0 spiro atoms. The van der Waals surface area contributed by atoms with E-state index in [4.69, 9.17) is 4.42 Å². The summed E-state index contributed by atoms with van der Waals surface area (Å²) in [6.45, 7) is -1.05. The number of pyridine rings is 2. The SMILES string of the molecule is FC(F)(F)Cn1c2ccccc2c2cc[c-]c(-c3ccccn3)c21.[Ir].[c-]1cc2oc3cc4c5ccccc5c5ccccc5c4cc3c2cc1-c1ccccn1. The van der Waals surface area contributed by atoms with Crippen LogP contribution in [0.5, 0.6) is 0 Å². The molecule has 0 aliphatic carbocycles. The van der Waals surface area contributed by atoms with Crippen molar-refractivity contribution in [1.82, 2.24) is 14.5 Å². The molecule has 8 heteroatoms. The maximum Gasteiger partial charge on any atom is 0.405 e. The average Bonchev–Trinajstić information content (AvgIpc) is 3.75. The Hall–Kier alpha value is -6.34. The molecule has 0 amide bonds. The predicted molar refractivity (Wildman–Crippen MR) is 216 cm³/mol. The van der Waals surface area contributed by atoms with Crippen LogP contribution in [0.3, 0.4) is 0 Å². The van der Waals surface area contributed by atoms with Crippen LogP contribution in [0.15, 0.2) is 162 Å². The van der Waals surface area contributed by atoms with E-state index in [-0.39, 0.29) is 20.1 Å². The molecule has 56 heavy (non-hydrogen) atoms. The van der Waals surface area contributed by atoms with Gasteiger partial charge in [0.2, 0.25) is 0 Å². The summed E-state index contributed by atoms with van der Waals surface area (Å²) in [4.78, 5) is 8.76. The van der Waals surface area contributed by atoms with Gasteiger partial charge in [-0.3, -0.25) is 0 Å². The number of halogens is 3. The molecule has 273 valence electrons. The molecule has 0 unspecified atom stereocenters. The fourth-order valence-corrected chi connectivity index (χ4v) is 7.88. The topological polar surface area (TPSA) is 43.9 Å². The third-order valence-electron chi connectivity index (χ3n) is 10.2. The molecule has 7 aromatic carbocycles. The van der Waals surface area contributed by atoms with E-state index in [1.54, 1.807) is 42.6 Å². The first-order valence-corrected chi connectivity index (χ1v) is 17.8. The van der Waals surface area contributed by atoms with E-state index in [9.17, 15) is 13.2 Å². The fraction of sp³-hybridized carbons (Fsp3) is 0.0417. The van der Waals surface area contributed by atoms with Gasteiger partial charge in [0.05, 0.1) is 5.58 Å². The van der Waals surface area contributed by atoms with Gasteiger partial charge in [0.1, 0.15) is 12.1 Å². The Morgan fingerprint density at radius 2 is 1.11 bits per heavy atom. The standard InChI is InChI=1S/C29H16NO.C19H12F3N2.Ir/c1-3-9-21-19(7-1)20-8-2-4-10-22(20)24-17-29-26(16-23(21)24)25-15-18(12-13-28(25)31-29)27-11-5-6-14-30-27;20-19(21,22)12-24-17-10-2-1-6-13(17)14-7-5-8-15(18(14)24)16-9-3-4-11-23-16;/h1-11,13-17H;1-7,9-11H,12H2;/q2*-1;. The average molecular weight is 912 g/mol. The van der Waals surface area contributed by atoms with Crippen molar-refractivity contribution in [3.63, 3.8) is 0 Å². The van der Waals surface area contributed by atoms with Crippen molar-refractivity contribution in [1.29, 1.82) is 0 Å². The molecule has 4 aromatic heterocycles. The van der Waals surface area contributed by atoms with E-state index in [1.807, 2.05) is 48.7 Å². The molecule has 4 nitrogen and oxygen atoms in total. The molecule has 0 saturated carbocycles. The van der Waals surface area contributed by atoms with Crippen molar-refractivity contribution < 1.29 is 37.7 Å². The summed E-state index contributed by atoms with van der Waals surface area (Å²) in [6, 6.07) is 54.2. The number of benzene rings is 7. The van der Waals surface area contributed by atoms with Gasteiger partial charge in [-0.2, -0.15) is 13.2 Å². The quantitative estimate of drug-likeness (QED) is 0.131. The third-order valence-corrected chi connectivity index (χ3v) is 10.2. The third kappa shape index (κ3) is 6.08. The molecule has 0 aliphatic rings. The molecule has 11 aromatic rings. The summed E-state index contributed by atoms with van der Waals surface area (Å²) in [5.74, 6) is 0. The van der Waals surface area contributed by atoms with Crippen LogP contribution in [0, 0.1) is 12.1 Å². The second kappa shape index (κ2) is 14.1. The van der Waals surface area contributed by atoms with Gasteiger partial charge in [0.15, 0.2) is 0 Å². The Morgan fingerprint density at radius 3 is 1.75 bits per heavy atom. The first-order chi connectivity index (χ1) is 26.9. The Bertz CT molecular complexity index is 3230. The minimum atomic E-state index is -4.31. The molecule has 1 radical (unpaired) electrons. The van der Waals surface area contributed by atoms with Gasteiger partial charge in [0.25, 0.3) is 0 Å². The molecular weight excluding hydrogens is 884 g/mol. The number of hydrogen-bond acceptors (Lipinski definition) is 3. The number of aromatic nitrogens is 3. The number of hydrogen-bond donors (Lipinski definition) is 0. The Morgan fingerprint density at radius 1 is 0.536 bits per heavy atom. The van der Waals surface area contributed by atoms with Gasteiger partial charge in [-0.15, -0.1) is 47.5 Å². The van der Waals surface area contributed by atoms with E-state index in [0.29, 0.717) is 22.3 Å². The number of rotatable bonds is 3. The van der Waals surface area contributed by atoms with Crippen LogP contribution >= 0.6 is 0 Å². The summed E-state index contributed by atoms with van der Waals surface area (Å²) < 4.78 is 47.1. The zero-order valence-corrected chi connectivity index (χ0v) is 31.8. The van der Waals surface area contributed by atoms with E-state index in [0.717, 1.165) is 44.0 Å². The number of furan rings is 1. The Kier molecular flexibility index (Phi) is 8.88. The molecule has 0 fully saturated rings. The largest absolute Gasteiger partial charge is 0.500 e. The Balaban J connectivity index is 0.000000149. The molecule has 11 rings (SSSR count). The predicted octanol–water partition coefficient (Wildman–Crippen LogP) is 13.1. The van der Waals surface area contributed by atoms with Gasteiger partial charge in [-0.25, -0.2) is 0 Å². The van der Waals surface area contributed by atoms with E-state index >= 15 is 0 Å². The van der Waals surface area contributed by atoms with Crippen molar-refractivity contribution in [2.75, 3.05) is 0 Å². The summed E-state index contributed by atoms with van der Waals surface area (Å²) in [7, 11) is 0. The van der Waals surface area contributed by atoms with Crippen LogP contribution in [0.2, 0.25) is 0 Å². The van der Waals surface area contributed by atoms with Crippen LogP contribution in [0.4, 0.5) is 13.2 Å². The molecule has 0 saturated heterocycles. The van der Waals surface area contributed by atoms with Crippen LogP contribution in [-0.4, -0.2) is 20.7 Å². The van der Waals surface area contributed by atoms with E-state index in [1.165, 1.54) is 36.9 Å². The summed E-state index contributed by atoms with van der Waals surface area (Å²) in [5, 5.41) is 11.3. The zero-order chi connectivity index (χ0) is 37.1. The molecule has 0 aliphatic heterocycles. The van der Waals surface area contributed by atoms with Crippen LogP contribution in [0.25, 0.3) is 98.6 Å². The Labute approximate surface area is 332 Å². The minimum absolute atomic E-state index is 0. The van der Waals surface area contributed by atoms with Crippen LogP contribution in [0.1, 0.15) is 0 Å². The monoisotopic (exact) mass is 912 g/mol. The second-order valence-electron chi connectivity index (χ2n) is 13.5. The second-order valence-corrected chi connectivity index (χ2v) is 13.5. The molecular formula is C48H28F3IrN3O-2. The van der Waals surface area contributed by atoms with Gasteiger partial charge in [-0.05, 0) is 84.9 Å². The van der Waals surface area contributed by atoms with Gasteiger partial charge < -0.3 is 19.0 Å². The summed E-state index contributed by atoms with van der Waals surface area (Å²) >= 11 is 0. The van der Waals surface area contributed by atoms with E-state index in [2.05, 4.69) is 88.8 Å². The van der Waals surface area contributed by atoms with Gasteiger partial charge >= 0.3 is 6.18 Å². The number of fused-ring (bicyclic) bond motifs is 12. The number of nitrogens with zero attached hydrogens (tertiary/aromatic N) is 3. The number of alkyl halides is 3. The maximum absolute atomic E-state index is 13.2. The van der Waals surface area contributed by atoms with Crippen LogP contribution in [-0.2, 0) is 26.7 Å². The first kappa shape index (κ1) is 35.4. The minimum Gasteiger partial charge on any atom is -0.500 e. The van der Waals surface area contributed by atoms with Gasteiger partial charge in [0, 0.05) is 43.4 Å². The molecule has 0 N–H and O–H groups in total. The first-order valence-electron chi connectivity index (χ1n) is 17.8. The van der Waals surface area contributed by atoms with Crippen molar-refractivity contribution >= 4 is 76.1 Å². The van der Waals surface area contributed by atoms with Crippen molar-refractivity contribution in [3.8, 4) is 22.5 Å². The normalized spacial score (nSPS) is 11.8. The van der Waals surface area contributed by atoms with Crippen molar-refractivity contribution in [2.24, 2.45) is 0 Å². The smallest absolute Gasteiger partial charge is 0.405 e.